The molecule has 0 saturated heterocycles. The van der Waals surface area contributed by atoms with E-state index in [2.05, 4.69) is 5.32 Å². The molecule has 0 aliphatic heterocycles. The zero-order chi connectivity index (χ0) is 28.6. The van der Waals surface area contributed by atoms with Crippen LogP contribution in [0.4, 0.5) is 5.69 Å². The second kappa shape index (κ2) is 13.9. The molecule has 2 aromatic rings. The van der Waals surface area contributed by atoms with Gasteiger partial charge in [-0.15, -0.1) is 0 Å². The highest BCUT2D eigenvalue weighted by atomic mass is 35.5. The van der Waals surface area contributed by atoms with Crippen molar-refractivity contribution >= 4 is 50.7 Å². The van der Waals surface area contributed by atoms with Gasteiger partial charge < -0.3 is 19.7 Å². The van der Waals surface area contributed by atoms with Crippen LogP contribution in [0.2, 0.25) is 10.0 Å². The number of hydrogen-bond acceptors (Lipinski definition) is 6. The highest BCUT2D eigenvalue weighted by molar-refractivity contribution is 7.92. The van der Waals surface area contributed by atoms with E-state index in [1.807, 2.05) is 13.8 Å². The molecule has 0 heterocycles. The Balaban J connectivity index is 2.51. The van der Waals surface area contributed by atoms with E-state index in [0.29, 0.717) is 34.3 Å². The van der Waals surface area contributed by atoms with E-state index in [4.69, 9.17) is 32.7 Å². The number of nitrogens with one attached hydrogen (secondary N) is 1. The van der Waals surface area contributed by atoms with Crippen LogP contribution in [-0.4, -0.2) is 64.7 Å². The number of halogens is 2. The molecule has 0 radical (unpaired) electrons. The summed E-state index contributed by atoms with van der Waals surface area (Å²) in [5, 5.41) is 3.53. The highest BCUT2D eigenvalue weighted by Gasteiger charge is 2.32. The Labute approximate surface area is 235 Å². The molecule has 0 unspecified atom stereocenters. The van der Waals surface area contributed by atoms with Crippen molar-refractivity contribution < 1.29 is 27.5 Å². The first kappa shape index (κ1) is 31.5. The number of rotatable bonds is 13. The number of sulfonamides is 1. The molecule has 2 aromatic carbocycles. The predicted octanol–water partition coefficient (Wildman–Crippen LogP) is 4.36. The predicted molar refractivity (Wildman–Crippen MR) is 151 cm³/mol. The second-order valence-corrected chi connectivity index (χ2v) is 11.9. The normalized spacial score (nSPS) is 12.1. The summed E-state index contributed by atoms with van der Waals surface area (Å²) < 4.78 is 37.3. The molecular weight excluding hydrogens is 553 g/mol. The maximum atomic E-state index is 13.8. The SMILES string of the molecule is CC[C@H](C(=O)NCC(C)C)N(Cc1ccc(Cl)c(Cl)c1)C(=O)CN(c1ccc(OC)cc1OC)S(C)(=O)=O. The minimum atomic E-state index is -3.93. The van der Waals surface area contributed by atoms with Gasteiger partial charge >= 0.3 is 0 Å². The Morgan fingerprint density at radius 2 is 1.71 bits per heavy atom. The third-order valence-electron chi connectivity index (χ3n) is 5.74. The molecule has 2 amide bonds. The van der Waals surface area contributed by atoms with Crippen LogP contribution < -0.4 is 19.1 Å². The van der Waals surface area contributed by atoms with Crippen molar-refractivity contribution in [3.05, 3.63) is 52.0 Å². The number of ether oxygens (including phenoxy) is 2. The third-order valence-corrected chi connectivity index (χ3v) is 7.61. The summed E-state index contributed by atoms with van der Waals surface area (Å²) in [5.41, 5.74) is 0.798. The van der Waals surface area contributed by atoms with E-state index in [9.17, 15) is 18.0 Å². The van der Waals surface area contributed by atoms with Gasteiger partial charge in [-0.1, -0.05) is 50.0 Å². The summed E-state index contributed by atoms with van der Waals surface area (Å²) in [6.07, 6.45) is 1.31. The molecule has 0 saturated carbocycles. The van der Waals surface area contributed by atoms with Crippen LogP contribution in [0.1, 0.15) is 32.8 Å². The summed E-state index contributed by atoms with van der Waals surface area (Å²) >= 11 is 12.3. The molecule has 2 rings (SSSR count). The van der Waals surface area contributed by atoms with Gasteiger partial charge in [0.25, 0.3) is 0 Å². The second-order valence-electron chi connectivity index (χ2n) is 9.14. The van der Waals surface area contributed by atoms with E-state index < -0.39 is 28.5 Å². The van der Waals surface area contributed by atoms with Gasteiger partial charge in [0.05, 0.1) is 36.2 Å². The first-order valence-corrected chi connectivity index (χ1v) is 14.6. The monoisotopic (exact) mass is 587 g/mol. The van der Waals surface area contributed by atoms with E-state index >= 15 is 0 Å². The van der Waals surface area contributed by atoms with Crippen LogP contribution in [-0.2, 0) is 26.2 Å². The fourth-order valence-corrected chi connectivity index (χ4v) is 4.94. The van der Waals surface area contributed by atoms with Crippen LogP contribution in [0.25, 0.3) is 0 Å². The van der Waals surface area contributed by atoms with Crippen molar-refractivity contribution in [3.8, 4) is 11.5 Å². The molecule has 1 atom stereocenters. The molecule has 1 N–H and O–H groups in total. The third kappa shape index (κ3) is 8.41. The van der Waals surface area contributed by atoms with E-state index in [-0.39, 0.29) is 29.8 Å². The van der Waals surface area contributed by atoms with Crippen molar-refractivity contribution in [2.24, 2.45) is 5.92 Å². The maximum Gasteiger partial charge on any atom is 0.244 e. The smallest absolute Gasteiger partial charge is 0.244 e. The highest BCUT2D eigenvalue weighted by Crippen LogP contribution is 2.34. The lowest BCUT2D eigenvalue weighted by atomic mass is 10.1. The van der Waals surface area contributed by atoms with Gasteiger partial charge in [-0.25, -0.2) is 8.42 Å². The van der Waals surface area contributed by atoms with Crippen LogP contribution in [0, 0.1) is 5.92 Å². The number of benzene rings is 2. The molecule has 0 aromatic heterocycles. The molecule has 9 nitrogen and oxygen atoms in total. The molecule has 38 heavy (non-hydrogen) atoms. The lowest BCUT2D eigenvalue weighted by Gasteiger charge is -2.33. The van der Waals surface area contributed by atoms with Crippen molar-refractivity contribution in [1.82, 2.24) is 10.2 Å². The van der Waals surface area contributed by atoms with Gasteiger partial charge in [0, 0.05) is 19.2 Å². The average Bonchev–Trinajstić information content (AvgIpc) is 2.86. The number of carbonyl (C=O) groups is 2. The van der Waals surface area contributed by atoms with Gasteiger partial charge in [-0.2, -0.15) is 0 Å². The topological polar surface area (TPSA) is 105 Å². The van der Waals surface area contributed by atoms with E-state index in [1.165, 1.54) is 31.3 Å². The molecule has 0 bridgehead atoms. The Kier molecular flexibility index (Phi) is 11.5. The number of methoxy groups -OCH3 is 2. The lowest BCUT2D eigenvalue weighted by molar-refractivity contribution is -0.140. The average molecular weight is 589 g/mol. The molecule has 0 spiro atoms. The summed E-state index contributed by atoms with van der Waals surface area (Å²) in [7, 11) is -1.07. The number of hydrogen-bond donors (Lipinski definition) is 1. The zero-order valence-corrected chi connectivity index (χ0v) is 24.8. The Bertz CT molecular complexity index is 1240. The zero-order valence-electron chi connectivity index (χ0n) is 22.5. The summed E-state index contributed by atoms with van der Waals surface area (Å²) in [6.45, 7) is 5.61. The fraction of sp³-hybridized carbons (Fsp3) is 0.462. The minimum Gasteiger partial charge on any atom is -0.497 e. The Morgan fingerprint density at radius 3 is 2.24 bits per heavy atom. The van der Waals surface area contributed by atoms with Crippen molar-refractivity contribution in [3.63, 3.8) is 0 Å². The lowest BCUT2D eigenvalue weighted by Crippen LogP contribution is -2.52. The van der Waals surface area contributed by atoms with Gasteiger partial charge in [-0.05, 0) is 42.2 Å². The van der Waals surface area contributed by atoms with Crippen LogP contribution in [0.15, 0.2) is 36.4 Å². The van der Waals surface area contributed by atoms with Gasteiger partial charge in [-0.3, -0.25) is 13.9 Å². The first-order valence-electron chi connectivity index (χ1n) is 12.0. The number of nitrogens with zero attached hydrogens (tertiary/aromatic N) is 2. The Morgan fingerprint density at radius 1 is 1.03 bits per heavy atom. The molecule has 210 valence electrons. The minimum absolute atomic E-state index is 0.0146. The molecular formula is C26H35Cl2N3O6S. The Hall–Kier alpha value is -2.69. The number of anilines is 1. The van der Waals surface area contributed by atoms with E-state index in [0.717, 1.165) is 10.6 Å². The molecule has 0 fully saturated rings. The quantitative estimate of drug-likeness (QED) is 0.373. The van der Waals surface area contributed by atoms with Crippen molar-refractivity contribution in [1.29, 1.82) is 0 Å². The van der Waals surface area contributed by atoms with Gasteiger partial charge in [0.2, 0.25) is 21.8 Å². The van der Waals surface area contributed by atoms with Gasteiger partial charge in [0.1, 0.15) is 24.1 Å². The summed E-state index contributed by atoms with van der Waals surface area (Å²) in [4.78, 5) is 28.3. The molecule has 0 aliphatic carbocycles. The maximum absolute atomic E-state index is 13.8. The standard InChI is InChI=1S/C26H35Cl2N3O6S/c1-7-22(26(33)29-14-17(2)3)30(15-18-8-10-20(27)21(28)12-18)25(32)16-31(38(6,34)35)23-11-9-19(36-4)13-24(23)37-5/h8-13,17,22H,7,14-16H2,1-6H3,(H,29,33)/t22-/m1/s1. The number of carbonyl (C=O) groups excluding carboxylic acids is 2. The molecule has 12 heteroatoms. The molecule has 0 aliphatic rings. The number of amides is 2. The summed E-state index contributed by atoms with van der Waals surface area (Å²) in [6, 6.07) is 8.67. The summed E-state index contributed by atoms with van der Waals surface area (Å²) in [5.74, 6) is -0.0350. The largest absolute Gasteiger partial charge is 0.497 e. The fourth-order valence-electron chi connectivity index (χ4n) is 3.76. The van der Waals surface area contributed by atoms with Crippen LogP contribution in [0.3, 0.4) is 0 Å². The van der Waals surface area contributed by atoms with Crippen molar-refractivity contribution in [2.45, 2.75) is 39.8 Å². The first-order chi connectivity index (χ1) is 17.8. The van der Waals surface area contributed by atoms with Crippen LogP contribution >= 0.6 is 23.2 Å². The van der Waals surface area contributed by atoms with Crippen LogP contribution in [0.5, 0.6) is 11.5 Å². The van der Waals surface area contributed by atoms with E-state index in [1.54, 1.807) is 31.2 Å². The van der Waals surface area contributed by atoms with Crippen molar-refractivity contribution in [2.75, 3.05) is 37.9 Å². The van der Waals surface area contributed by atoms with Gasteiger partial charge in [0.15, 0.2) is 0 Å².